The van der Waals surface area contributed by atoms with E-state index in [4.69, 9.17) is 66.0 Å². The zero-order valence-electron chi connectivity index (χ0n) is 19.7. The lowest BCUT2D eigenvalue weighted by molar-refractivity contribution is 0.0113. The second kappa shape index (κ2) is 10.9. The van der Waals surface area contributed by atoms with Gasteiger partial charge in [0.1, 0.15) is 35.8 Å². The van der Waals surface area contributed by atoms with Crippen molar-refractivity contribution in [3.05, 3.63) is 59.6 Å². The molecule has 0 aliphatic heterocycles. The van der Waals surface area contributed by atoms with Gasteiger partial charge in [-0.2, -0.15) is 5.10 Å². The molecule has 0 amide bonds. The summed E-state index contributed by atoms with van der Waals surface area (Å²) in [4.78, 5) is 8.47. The van der Waals surface area contributed by atoms with Crippen LogP contribution in [0.2, 0.25) is 5.02 Å². The van der Waals surface area contributed by atoms with E-state index in [-0.39, 0.29) is 23.9 Å². The maximum atomic E-state index is 9.65. The fourth-order valence-electron chi connectivity index (χ4n) is 3.28. The van der Waals surface area contributed by atoms with Crippen molar-refractivity contribution in [2.24, 2.45) is 0 Å². The van der Waals surface area contributed by atoms with Crippen LogP contribution in [0.5, 0.6) is 11.5 Å². The number of aliphatic hydroxyl groups is 1. The molecule has 4 aromatic rings. The molecule has 0 saturated carbocycles. The Morgan fingerprint density at radius 3 is 2.42 bits per heavy atom. The molecule has 10 radical (unpaired) electrons. The van der Waals surface area contributed by atoms with Gasteiger partial charge in [-0.1, -0.05) is 37.6 Å². The molecule has 2 heterocycles. The fourth-order valence-corrected chi connectivity index (χ4v) is 3.47. The van der Waals surface area contributed by atoms with Gasteiger partial charge in [-0.05, 0) is 35.1 Å². The fraction of sp³-hybridized carbons (Fsp3) is 0.227. The first-order chi connectivity index (χ1) is 16.9. The molecule has 0 fully saturated rings. The van der Waals surface area contributed by atoms with E-state index in [1.807, 2.05) is 38.1 Å². The van der Waals surface area contributed by atoms with E-state index in [0.717, 1.165) is 15.8 Å². The van der Waals surface area contributed by atoms with E-state index in [1.54, 1.807) is 12.1 Å². The van der Waals surface area contributed by atoms with Crippen molar-refractivity contribution in [2.75, 3.05) is 5.73 Å². The molecule has 2 aromatic heterocycles. The molecule has 14 heteroatoms. The van der Waals surface area contributed by atoms with Gasteiger partial charge in [-0.25, -0.2) is 9.97 Å². The Labute approximate surface area is 221 Å². The third-order valence-electron chi connectivity index (χ3n) is 4.70. The number of nitrogens with zero attached hydrogens (tertiary/aromatic N) is 4. The normalized spacial score (nSPS) is 11.6. The number of hydrogen-bond acceptors (Lipinski definition) is 7. The summed E-state index contributed by atoms with van der Waals surface area (Å²) in [5.41, 5.74) is 5.98. The molecule has 0 unspecified atom stereocenters. The van der Waals surface area contributed by atoms with Crippen molar-refractivity contribution in [1.82, 2.24) is 19.7 Å². The summed E-state index contributed by atoms with van der Waals surface area (Å²) < 4.78 is 12.1. The summed E-state index contributed by atoms with van der Waals surface area (Å²) in [6.45, 7) is 3.81. The minimum Gasteiger partial charge on any atom is -0.486 e. The van der Waals surface area contributed by atoms with Gasteiger partial charge < -0.3 is 20.3 Å². The first-order valence-corrected chi connectivity index (χ1v) is 11.2. The first-order valence-electron chi connectivity index (χ1n) is 10.8. The van der Waals surface area contributed by atoms with Crippen molar-refractivity contribution in [1.29, 1.82) is 0 Å². The van der Waals surface area contributed by atoms with E-state index in [1.165, 1.54) is 12.5 Å². The van der Waals surface area contributed by atoms with Crippen molar-refractivity contribution >= 4 is 67.6 Å². The Kier molecular flexibility index (Phi) is 8.36. The summed E-state index contributed by atoms with van der Waals surface area (Å²) >= 11 is 6.16. The Hall–Kier alpha value is -3.04. The SMILES string of the molecule is CC.[B]C([B])(O)Oc1cn(C([B])([B])[B])nc1COc1ccc(-c2cccc(Cl)c2)c2ncnc(N)c12. The molecule has 0 saturated heterocycles. The highest BCUT2D eigenvalue weighted by atomic mass is 35.5. The van der Waals surface area contributed by atoms with E-state index >= 15 is 0 Å². The van der Waals surface area contributed by atoms with E-state index in [2.05, 4.69) is 15.1 Å². The molecule has 3 N–H and O–H groups in total. The molecule has 8 nitrogen and oxygen atoms in total. The average molecular weight is 491 g/mol. The summed E-state index contributed by atoms with van der Waals surface area (Å²) in [5.74, 6) is 0.506. The van der Waals surface area contributed by atoms with Gasteiger partial charge in [0.15, 0.2) is 21.4 Å². The second-order valence-corrected chi connectivity index (χ2v) is 7.96. The zero-order chi connectivity index (χ0) is 26.7. The Balaban J connectivity index is 0.00000176. The van der Waals surface area contributed by atoms with Gasteiger partial charge in [0.05, 0.1) is 40.6 Å². The Morgan fingerprint density at radius 2 is 1.78 bits per heavy atom. The van der Waals surface area contributed by atoms with Crippen LogP contribution in [-0.2, 0) is 11.8 Å². The number of benzene rings is 2. The molecule has 4 rings (SSSR count). The molecule has 0 atom stereocenters. The number of hydrogen-bond donors (Lipinski definition) is 2. The van der Waals surface area contributed by atoms with Crippen LogP contribution in [0.15, 0.2) is 48.9 Å². The summed E-state index contributed by atoms with van der Waals surface area (Å²) in [6.07, 6.45) is 2.58. The van der Waals surface area contributed by atoms with E-state index < -0.39 is 10.8 Å². The lowest BCUT2D eigenvalue weighted by atomic mass is 9.49. The molecule has 36 heavy (non-hydrogen) atoms. The summed E-state index contributed by atoms with van der Waals surface area (Å²) in [5, 5.41) is 13.0. The number of fused-ring (bicyclic) bond motifs is 1. The maximum absolute atomic E-state index is 9.65. The predicted octanol–water partition coefficient (Wildman–Crippen LogP) is 1.73. The largest absolute Gasteiger partial charge is 0.486 e. The number of rotatable bonds is 7. The van der Waals surface area contributed by atoms with Gasteiger partial charge in [0, 0.05) is 10.6 Å². The minimum atomic E-state index is -2.49. The van der Waals surface area contributed by atoms with Gasteiger partial charge >= 0.3 is 0 Å². The molecule has 172 valence electrons. The lowest BCUT2D eigenvalue weighted by Gasteiger charge is -2.22. The Bertz CT molecular complexity index is 1360. The highest BCUT2D eigenvalue weighted by Gasteiger charge is 2.23. The van der Waals surface area contributed by atoms with Crippen molar-refractivity contribution in [2.45, 2.75) is 31.3 Å². The van der Waals surface area contributed by atoms with Crippen molar-refractivity contribution in [3.63, 3.8) is 0 Å². The van der Waals surface area contributed by atoms with E-state index in [0.29, 0.717) is 21.7 Å². The van der Waals surface area contributed by atoms with Gasteiger partial charge in [0.2, 0.25) is 0 Å². The van der Waals surface area contributed by atoms with Crippen LogP contribution in [0.4, 0.5) is 5.82 Å². The topological polar surface area (TPSA) is 108 Å². The molecule has 2 aromatic carbocycles. The average Bonchev–Trinajstić information content (AvgIpc) is 3.20. The molecule has 0 aliphatic carbocycles. The van der Waals surface area contributed by atoms with Crippen molar-refractivity contribution < 1.29 is 14.6 Å². The van der Waals surface area contributed by atoms with E-state index in [9.17, 15) is 5.11 Å². The number of aromatic nitrogens is 4. The highest BCUT2D eigenvalue weighted by Crippen LogP contribution is 2.37. The van der Waals surface area contributed by atoms with Crippen LogP contribution in [-0.4, -0.2) is 69.7 Å². The summed E-state index contributed by atoms with van der Waals surface area (Å²) in [6, 6.07) is 10.8. The molecule has 0 spiro atoms. The minimum absolute atomic E-state index is 0.0534. The van der Waals surface area contributed by atoms with Crippen LogP contribution in [0.3, 0.4) is 0 Å². The smallest absolute Gasteiger partial charge is 0.165 e. The molecule has 0 aliphatic rings. The second-order valence-electron chi connectivity index (χ2n) is 7.52. The predicted molar refractivity (Wildman–Crippen MR) is 145 cm³/mol. The van der Waals surface area contributed by atoms with Crippen molar-refractivity contribution in [3.8, 4) is 22.6 Å². The Morgan fingerprint density at radius 1 is 1.06 bits per heavy atom. The summed E-state index contributed by atoms with van der Waals surface area (Å²) in [7, 11) is 27.7. The third-order valence-corrected chi connectivity index (χ3v) is 4.94. The van der Waals surface area contributed by atoms with Crippen LogP contribution in [0.25, 0.3) is 22.0 Å². The molecular formula is C22H19B5ClN5O3. The highest BCUT2D eigenvalue weighted by molar-refractivity contribution is 6.56. The number of nitrogen functional groups attached to an aromatic ring is 1. The van der Waals surface area contributed by atoms with Crippen LogP contribution >= 0.6 is 11.6 Å². The van der Waals surface area contributed by atoms with Crippen LogP contribution < -0.4 is 15.2 Å². The van der Waals surface area contributed by atoms with Crippen LogP contribution in [0, 0.1) is 0 Å². The zero-order valence-corrected chi connectivity index (χ0v) is 20.5. The number of ether oxygens (including phenoxy) is 2. The monoisotopic (exact) mass is 491 g/mol. The lowest BCUT2D eigenvalue weighted by Crippen LogP contribution is -2.37. The maximum Gasteiger partial charge on any atom is 0.165 e. The van der Waals surface area contributed by atoms with Gasteiger partial charge in [0.25, 0.3) is 0 Å². The van der Waals surface area contributed by atoms with Gasteiger partial charge in [-0.15, -0.1) is 0 Å². The van der Waals surface area contributed by atoms with Gasteiger partial charge in [-0.3, -0.25) is 4.68 Å². The number of anilines is 1. The standard InChI is InChI=1S/C20H13B5ClN5O3.C2H6/c21-19(22,23)31-7-15(34-20(24,25)32)13(30-31)8-33-14-5-4-12(10-2-1-3-11(26)6-10)17-16(14)18(27)29-9-28-17;1-2/h1-7,9,32H,8H2,(H2,27,28,29);1-2H3. The molecular weight excluding hydrogens is 472 g/mol. The van der Waals surface area contributed by atoms with Crippen LogP contribution in [0.1, 0.15) is 19.5 Å². The molecule has 0 bridgehead atoms. The number of nitrogens with two attached hydrogens (primary N) is 1. The third kappa shape index (κ3) is 6.39. The first kappa shape index (κ1) is 27.6. The quantitative estimate of drug-likeness (QED) is 0.300. The number of halogens is 1.